The lowest BCUT2D eigenvalue weighted by atomic mass is 10.3. The molecule has 0 saturated heterocycles. The normalized spacial score (nSPS) is 10.9. The van der Waals surface area contributed by atoms with Gasteiger partial charge in [0.15, 0.2) is 15.3 Å². The Morgan fingerprint density at radius 2 is 2.04 bits per heavy atom. The molecule has 3 rings (SSSR count). The minimum Gasteiger partial charge on any atom is -0.486 e. The second kappa shape index (κ2) is 7.29. The van der Waals surface area contributed by atoms with Crippen LogP contribution in [0.25, 0.3) is 0 Å². The van der Waals surface area contributed by atoms with Gasteiger partial charge in [0, 0.05) is 18.5 Å². The van der Waals surface area contributed by atoms with E-state index in [0.717, 1.165) is 33.3 Å². The van der Waals surface area contributed by atoms with Gasteiger partial charge in [-0.15, -0.1) is 10.2 Å². The highest BCUT2D eigenvalue weighted by Crippen LogP contribution is 2.27. The molecule has 0 radical (unpaired) electrons. The molecule has 6 nitrogen and oxygen atoms in total. The predicted molar refractivity (Wildman–Crippen MR) is 90.2 cm³/mol. The van der Waals surface area contributed by atoms with Crippen LogP contribution in [0.2, 0.25) is 5.02 Å². The van der Waals surface area contributed by atoms with Crippen molar-refractivity contribution in [2.45, 2.75) is 29.4 Å². The quantitative estimate of drug-likeness (QED) is 0.663. The predicted octanol–water partition coefficient (Wildman–Crippen LogP) is 3.61. The van der Waals surface area contributed by atoms with Crippen molar-refractivity contribution in [3.05, 3.63) is 40.9 Å². The van der Waals surface area contributed by atoms with Gasteiger partial charge in [-0.25, -0.2) is 4.98 Å². The smallest absolute Gasteiger partial charge is 0.198 e. The average molecular weight is 368 g/mol. The molecular formula is C14H14ClN5OS2. The van der Waals surface area contributed by atoms with Crippen molar-refractivity contribution in [3.8, 4) is 5.75 Å². The summed E-state index contributed by atoms with van der Waals surface area (Å²) >= 11 is 8.68. The Hall–Kier alpha value is -1.64. The summed E-state index contributed by atoms with van der Waals surface area (Å²) < 4.78 is 12.7. The van der Waals surface area contributed by atoms with Crippen molar-refractivity contribution in [1.29, 1.82) is 0 Å². The Morgan fingerprint density at radius 3 is 2.74 bits per heavy atom. The molecule has 2 aromatic heterocycles. The summed E-state index contributed by atoms with van der Waals surface area (Å²) in [5, 5.41) is 9.80. The molecule has 3 aromatic rings. The van der Waals surface area contributed by atoms with Crippen LogP contribution in [0.5, 0.6) is 5.75 Å². The Balaban J connectivity index is 1.65. The molecule has 120 valence electrons. The number of ether oxygens (including phenoxy) is 1. The second-order valence-electron chi connectivity index (χ2n) is 4.63. The number of hydrogen-bond donors (Lipinski definition) is 0. The van der Waals surface area contributed by atoms with E-state index in [4.69, 9.17) is 16.3 Å². The van der Waals surface area contributed by atoms with E-state index in [-0.39, 0.29) is 0 Å². The first-order valence-corrected chi connectivity index (χ1v) is 8.89. The lowest BCUT2D eigenvalue weighted by Crippen LogP contribution is -2.04. The lowest BCUT2D eigenvalue weighted by Gasteiger charge is -2.06. The molecule has 0 N–H and O–H groups in total. The molecule has 0 spiro atoms. The minimum atomic E-state index is 0.335. The van der Waals surface area contributed by atoms with Crippen LogP contribution in [-0.4, -0.2) is 24.1 Å². The van der Waals surface area contributed by atoms with Crippen LogP contribution in [0, 0.1) is 0 Å². The van der Waals surface area contributed by atoms with Gasteiger partial charge in [-0.3, -0.25) is 0 Å². The molecule has 2 heterocycles. The van der Waals surface area contributed by atoms with Gasteiger partial charge in [-0.1, -0.05) is 18.5 Å². The van der Waals surface area contributed by atoms with E-state index in [2.05, 4.69) is 19.6 Å². The average Bonchev–Trinajstić information content (AvgIpc) is 3.15. The number of benzene rings is 1. The van der Waals surface area contributed by atoms with Crippen LogP contribution < -0.4 is 4.74 Å². The molecule has 0 saturated carbocycles. The van der Waals surface area contributed by atoms with E-state index in [1.807, 2.05) is 30.7 Å². The number of aryl methyl sites for hydroxylation is 1. The van der Waals surface area contributed by atoms with E-state index in [9.17, 15) is 0 Å². The minimum absolute atomic E-state index is 0.335. The van der Waals surface area contributed by atoms with Crippen molar-refractivity contribution >= 4 is 34.9 Å². The van der Waals surface area contributed by atoms with Crippen molar-refractivity contribution in [1.82, 2.24) is 24.1 Å². The van der Waals surface area contributed by atoms with E-state index < -0.39 is 0 Å². The Kier molecular flexibility index (Phi) is 5.14. The van der Waals surface area contributed by atoms with Gasteiger partial charge in [0.05, 0.1) is 0 Å². The van der Waals surface area contributed by atoms with Crippen molar-refractivity contribution in [2.75, 3.05) is 0 Å². The van der Waals surface area contributed by atoms with Crippen LogP contribution in [-0.2, 0) is 20.1 Å². The van der Waals surface area contributed by atoms with Crippen LogP contribution in [0.1, 0.15) is 18.6 Å². The van der Waals surface area contributed by atoms with Gasteiger partial charge in [0.1, 0.15) is 18.2 Å². The van der Waals surface area contributed by atoms with Gasteiger partial charge in [0.2, 0.25) is 0 Å². The molecule has 0 atom stereocenters. The monoisotopic (exact) mass is 367 g/mol. The van der Waals surface area contributed by atoms with E-state index >= 15 is 0 Å². The standard InChI is InChI=1S/C14H14ClN5OS2/c1-3-11-16-14(23-19-11)22-13-18-17-12(20(13)2)8-21-10-6-4-9(15)5-7-10/h4-7H,3,8H2,1-2H3. The number of aromatic nitrogens is 5. The number of hydrogen-bond acceptors (Lipinski definition) is 7. The molecule has 0 aliphatic heterocycles. The topological polar surface area (TPSA) is 65.7 Å². The molecule has 0 fully saturated rings. The fraction of sp³-hybridized carbons (Fsp3) is 0.286. The van der Waals surface area contributed by atoms with Gasteiger partial charge in [-0.2, -0.15) is 4.37 Å². The van der Waals surface area contributed by atoms with Gasteiger partial charge in [0.25, 0.3) is 0 Å². The van der Waals surface area contributed by atoms with E-state index in [1.165, 1.54) is 23.3 Å². The molecule has 9 heteroatoms. The summed E-state index contributed by atoms with van der Waals surface area (Å²) in [6, 6.07) is 7.22. The van der Waals surface area contributed by atoms with Crippen LogP contribution in [0.4, 0.5) is 0 Å². The van der Waals surface area contributed by atoms with Crippen LogP contribution >= 0.6 is 34.9 Å². The summed E-state index contributed by atoms with van der Waals surface area (Å²) in [6.45, 7) is 2.37. The third kappa shape index (κ3) is 4.01. The zero-order valence-corrected chi connectivity index (χ0v) is 15.0. The zero-order valence-electron chi connectivity index (χ0n) is 12.6. The number of rotatable bonds is 6. The summed E-state index contributed by atoms with van der Waals surface area (Å²) in [6.07, 6.45) is 0.829. The van der Waals surface area contributed by atoms with Gasteiger partial charge in [-0.05, 0) is 47.6 Å². The largest absolute Gasteiger partial charge is 0.486 e. The highest BCUT2D eigenvalue weighted by molar-refractivity contribution is 8.00. The molecule has 0 aliphatic rings. The van der Waals surface area contributed by atoms with Gasteiger partial charge >= 0.3 is 0 Å². The lowest BCUT2D eigenvalue weighted by molar-refractivity contribution is 0.290. The van der Waals surface area contributed by atoms with Crippen LogP contribution in [0.3, 0.4) is 0 Å². The Morgan fingerprint density at radius 1 is 1.26 bits per heavy atom. The first kappa shape index (κ1) is 16.2. The third-order valence-corrected chi connectivity index (χ3v) is 5.13. The van der Waals surface area contributed by atoms with E-state index in [1.54, 1.807) is 12.1 Å². The molecular weight excluding hydrogens is 354 g/mol. The summed E-state index contributed by atoms with van der Waals surface area (Å²) in [4.78, 5) is 4.42. The summed E-state index contributed by atoms with van der Waals surface area (Å²) in [5.74, 6) is 2.33. The highest BCUT2D eigenvalue weighted by Gasteiger charge is 2.13. The van der Waals surface area contributed by atoms with E-state index in [0.29, 0.717) is 11.6 Å². The first-order chi connectivity index (χ1) is 11.2. The fourth-order valence-electron chi connectivity index (χ4n) is 1.74. The van der Waals surface area contributed by atoms with Gasteiger partial charge < -0.3 is 9.30 Å². The Labute approximate surface area is 147 Å². The maximum atomic E-state index is 5.85. The summed E-state index contributed by atoms with van der Waals surface area (Å²) in [7, 11) is 1.91. The zero-order chi connectivity index (χ0) is 16.2. The second-order valence-corrected chi connectivity index (χ2v) is 7.04. The maximum Gasteiger partial charge on any atom is 0.198 e. The third-order valence-electron chi connectivity index (χ3n) is 3.05. The molecule has 1 aromatic carbocycles. The maximum absolute atomic E-state index is 5.85. The fourth-order valence-corrected chi connectivity index (χ4v) is 3.48. The number of halogens is 1. The molecule has 0 aliphatic carbocycles. The number of nitrogens with zero attached hydrogens (tertiary/aromatic N) is 5. The van der Waals surface area contributed by atoms with Crippen molar-refractivity contribution in [3.63, 3.8) is 0 Å². The molecule has 23 heavy (non-hydrogen) atoms. The van der Waals surface area contributed by atoms with Crippen LogP contribution in [0.15, 0.2) is 33.8 Å². The van der Waals surface area contributed by atoms with Crippen molar-refractivity contribution in [2.24, 2.45) is 7.05 Å². The first-order valence-electron chi connectivity index (χ1n) is 6.92. The molecule has 0 bridgehead atoms. The molecule has 0 unspecified atom stereocenters. The Bertz CT molecular complexity index is 787. The molecule has 0 amide bonds. The SMILES string of the molecule is CCc1nsc(Sc2nnc(COc3ccc(Cl)cc3)n2C)n1. The highest BCUT2D eigenvalue weighted by atomic mass is 35.5. The van der Waals surface area contributed by atoms with Crippen molar-refractivity contribution < 1.29 is 4.74 Å². The summed E-state index contributed by atoms with van der Waals surface area (Å²) in [5.41, 5.74) is 0.